The van der Waals surface area contributed by atoms with E-state index in [1.807, 2.05) is 4.90 Å². The zero-order chi connectivity index (χ0) is 14.6. The van der Waals surface area contributed by atoms with Crippen LogP contribution in [0.15, 0.2) is 0 Å². The number of rotatable bonds is 1. The monoisotopic (exact) mass is 292 g/mol. The standard InChI is InChI=1S/C16H24N2O3/c19-15(20)14-8-11-3-1-2-4-13(11)18(14)16(21)17-9-10-5-6-12(17)7-10/h10-14H,1-9H2,(H,19,20). The maximum absolute atomic E-state index is 13.0. The number of nitrogens with zero attached hydrogens (tertiary/aromatic N) is 2. The zero-order valence-electron chi connectivity index (χ0n) is 12.4. The Bertz CT molecular complexity index is 466. The summed E-state index contributed by atoms with van der Waals surface area (Å²) < 4.78 is 0. The van der Waals surface area contributed by atoms with E-state index in [4.69, 9.17) is 0 Å². The molecule has 5 unspecified atom stereocenters. The minimum Gasteiger partial charge on any atom is -0.480 e. The quantitative estimate of drug-likeness (QED) is 0.806. The van der Waals surface area contributed by atoms with Gasteiger partial charge in [0.15, 0.2) is 0 Å². The maximum Gasteiger partial charge on any atom is 0.326 e. The van der Waals surface area contributed by atoms with Crippen LogP contribution < -0.4 is 0 Å². The number of amides is 2. The molecule has 0 aromatic carbocycles. The second-order valence-electron chi connectivity index (χ2n) is 7.38. The van der Waals surface area contributed by atoms with Gasteiger partial charge in [-0.2, -0.15) is 0 Å². The van der Waals surface area contributed by atoms with Crippen molar-refractivity contribution in [3.05, 3.63) is 0 Å². The summed E-state index contributed by atoms with van der Waals surface area (Å²) in [6.07, 6.45) is 8.53. The van der Waals surface area contributed by atoms with E-state index in [1.165, 1.54) is 12.8 Å². The largest absolute Gasteiger partial charge is 0.480 e. The van der Waals surface area contributed by atoms with Crippen LogP contribution in [0.3, 0.4) is 0 Å². The van der Waals surface area contributed by atoms with Crippen molar-refractivity contribution in [2.24, 2.45) is 11.8 Å². The number of aliphatic carboxylic acids is 1. The fourth-order valence-electron chi connectivity index (χ4n) is 5.26. The predicted molar refractivity (Wildman–Crippen MR) is 76.9 cm³/mol. The number of urea groups is 1. The van der Waals surface area contributed by atoms with Crippen molar-refractivity contribution >= 4 is 12.0 Å². The molecule has 4 aliphatic rings. The molecule has 116 valence electrons. The van der Waals surface area contributed by atoms with Gasteiger partial charge in [0.05, 0.1) is 0 Å². The van der Waals surface area contributed by atoms with Crippen LogP contribution in [0.5, 0.6) is 0 Å². The third kappa shape index (κ3) is 2.04. The molecule has 1 N–H and O–H groups in total. The highest BCUT2D eigenvalue weighted by atomic mass is 16.4. The number of hydrogen-bond donors (Lipinski definition) is 1. The lowest BCUT2D eigenvalue weighted by atomic mass is 9.85. The molecule has 2 amide bonds. The molecule has 2 saturated heterocycles. The third-order valence-corrected chi connectivity index (χ3v) is 6.25. The summed E-state index contributed by atoms with van der Waals surface area (Å²) in [7, 11) is 0. The Kier molecular flexibility index (Phi) is 3.12. The Hall–Kier alpha value is -1.26. The van der Waals surface area contributed by atoms with E-state index in [2.05, 4.69) is 0 Å². The molecule has 0 aromatic heterocycles. The molecule has 2 heterocycles. The fraction of sp³-hybridized carbons (Fsp3) is 0.875. The molecule has 4 fully saturated rings. The molecule has 5 atom stereocenters. The lowest BCUT2D eigenvalue weighted by Crippen LogP contribution is -2.53. The van der Waals surface area contributed by atoms with Crippen molar-refractivity contribution in [3.63, 3.8) is 0 Å². The molecule has 2 saturated carbocycles. The Labute approximate surface area is 125 Å². The summed E-state index contributed by atoms with van der Waals surface area (Å²) in [5, 5.41) is 9.54. The number of carboxylic acid groups (broad SMARTS) is 1. The van der Waals surface area contributed by atoms with Gasteiger partial charge >= 0.3 is 12.0 Å². The molecule has 0 spiro atoms. The molecular formula is C16H24N2O3. The molecule has 2 bridgehead atoms. The number of hydrogen-bond acceptors (Lipinski definition) is 2. The lowest BCUT2D eigenvalue weighted by Gasteiger charge is -2.38. The summed E-state index contributed by atoms with van der Waals surface area (Å²) in [5.74, 6) is 0.248. The molecular weight excluding hydrogens is 268 g/mol. The smallest absolute Gasteiger partial charge is 0.326 e. The summed E-state index contributed by atoms with van der Waals surface area (Å²) >= 11 is 0. The van der Waals surface area contributed by atoms with E-state index >= 15 is 0 Å². The highest BCUT2D eigenvalue weighted by molar-refractivity contribution is 5.84. The average molecular weight is 292 g/mol. The van der Waals surface area contributed by atoms with E-state index < -0.39 is 12.0 Å². The maximum atomic E-state index is 13.0. The molecule has 2 aliphatic carbocycles. The highest BCUT2D eigenvalue weighted by Gasteiger charge is 2.51. The van der Waals surface area contributed by atoms with Crippen LogP contribution in [0.25, 0.3) is 0 Å². The van der Waals surface area contributed by atoms with Crippen molar-refractivity contribution in [1.29, 1.82) is 0 Å². The number of carbonyl (C=O) groups excluding carboxylic acids is 1. The first-order chi connectivity index (χ1) is 10.1. The molecule has 5 heteroatoms. The van der Waals surface area contributed by atoms with Crippen molar-refractivity contribution in [2.75, 3.05) is 6.54 Å². The first-order valence-corrected chi connectivity index (χ1v) is 8.47. The van der Waals surface area contributed by atoms with E-state index in [-0.39, 0.29) is 12.1 Å². The number of fused-ring (bicyclic) bond motifs is 3. The molecule has 2 aliphatic heterocycles. The Morgan fingerprint density at radius 1 is 1.00 bits per heavy atom. The second-order valence-corrected chi connectivity index (χ2v) is 7.38. The summed E-state index contributed by atoms with van der Waals surface area (Å²) in [4.78, 5) is 28.4. The van der Waals surface area contributed by atoms with Gasteiger partial charge in [-0.05, 0) is 50.4 Å². The van der Waals surface area contributed by atoms with Crippen LogP contribution in [0.1, 0.15) is 51.4 Å². The van der Waals surface area contributed by atoms with Crippen molar-refractivity contribution in [3.8, 4) is 0 Å². The number of carboxylic acids is 1. The number of likely N-dealkylation sites (tertiary alicyclic amines) is 2. The van der Waals surface area contributed by atoms with Gasteiger partial charge in [0.25, 0.3) is 0 Å². The number of carbonyl (C=O) groups is 2. The Balaban J connectivity index is 1.58. The van der Waals surface area contributed by atoms with E-state index in [9.17, 15) is 14.7 Å². The second kappa shape index (κ2) is 4.89. The van der Waals surface area contributed by atoms with Crippen LogP contribution >= 0.6 is 0 Å². The van der Waals surface area contributed by atoms with Gasteiger partial charge in [-0.15, -0.1) is 0 Å². The minimum atomic E-state index is -0.817. The minimum absolute atomic E-state index is 0.0176. The van der Waals surface area contributed by atoms with Crippen LogP contribution in [0.4, 0.5) is 4.79 Å². The summed E-state index contributed by atoms with van der Waals surface area (Å²) in [5.41, 5.74) is 0. The summed E-state index contributed by atoms with van der Waals surface area (Å²) in [6, 6.07) is -0.0280. The van der Waals surface area contributed by atoms with Gasteiger partial charge in [0.1, 0.15) is 6.04 Å². The van der Waals surface area contributed by atoms with Gasteiger partial charge < -0.3 is 14.9 Å². The first-order valence-electron chi connectivity index (χ1n) is 8.47. The molecule has 21 heavy (non-hydrogen) atoms. The van der Waals surface area contributed by atoms with Crippen molar-refractivity contribution < 1.29 is 14.7 Å². The lowest BCUT2D eigenvalue weighted by molar-refractivity contribution is -0.141. The van der Waals surface area contributed by atoms with Crippen LogP contribution in [-0.2, 0) is 4.79 Å². The van der Waals surface area contributed by atoms with Gasteiger partial charge in [-0.25, -0.2) is 9.59 Å². The van der Waals surface area contributed by atoms with Crippen LogP contribution in [0, 0.1) is 11.8 Å². The molecule has 0 radical (unpaired) electrons. The Morgan fingerprint density at radius 2 is 1.81 bits per heavy atom. The Morgan fingerprint density at radius 3 is 2.48 bits per heavy atom. The third-order valence-electron chi connectivity index (χ3n) is 6.25. The molecule has 5 nitrogen and oxygen atoms in total. The topological polar surface area (TPSA) is 60.9 Å². The molecule has 4 rings (SSSR count). The van der Waals surface area contributed by atoms with Gasteiger partial charge in [-0.3, -0.25) is 0 Å². The summed E-state index contributed by atoms with van der Waals surface area (Å²) in [6.45, 7) is 0.851. The average Bonchev–Trinajstić information content (AvgIpc) is 3.19. The SMILES string of the molecule is O=C(O)C1CC2CCCCC2N1C(=O)N1CC2CCC1C2. The molecule has 0 aromatic rings. The van der Waals surface area contributed by atoms with Gasteiger partial charge in [0.2, 0.25) is 0 Å². The van der Waals surface area contributed by atoms with Gasteiger partial charge in [-0.1, -0.05) is 12.8 Å². The van der Waals surface area contributed by atoms with Crippen molar-refractivity contribution in [2.45, 2.75) is 69.5 Å². The normalized spacial score (nSPS) is 41.4. The number of piperidine rings is 1. The van der Waals surface area contributed by atoms with Gasteiger partial charge in [0, 0.05) is 18.6 Å². The van der Waals surface area contributed by atoms with Crippen LogP contribution in [-0.4, -0.2) is 51.6 Å². The first kappa shape index (κ1) is 13.4. The van der Waals surface area contributed by atoms with Crippen LogP contribution in [0.2, 0.25) is 0 Å². The van der Waals surface area contributed by atoms with E-state index in [0.717, 1.165) is 38.6 Å². The fourth-order valence-corrected chi connectivity index (χ4v) is 5.26. The highest BCUT2D eigenvalue weighted by Crippen LogP contribution is 2.43. The van der Waals surface area contributed by atoms with E-state index in [1.54, 1.807) is 4.90 Å². The predicted octanol–water partition coefficient (Wildman–Crippen LogP) is 2.31. The zero-order valence-corrected chi connectivity index (χ0v) is 12.4. The van der Waals surface area contributed by atoms with E-state index in [0.29, 0.717) is 24.3 Å². The van der Waals surface area contributed by atoms with Crippen molar-refractivity contribution in [1.82, 2.24) is 9.80 Å².